The summed E-state index contributed by atoms with van der Waals surface area (Å²) in [5.74, 6) is 0.0633. The van der Waals surface area contributed by atoms with Crippen LogP contribution in [0.25, 0.3) is 6.08 Å². The highest BCUT2D eigenvalue weighted by molar-refractivity contribution is 9.10. The van der Waals surface area contributed by atoms with Crippen molar-refractivity contribution < 1.29 is 33.0 Å². The molecule has 1 aliphatic heterocycles. The second-order valence-electron chi connectivity index (χ2n) is 5.87. The van der Waals surface area contributed by atoms with E-state index < -0.39 is 17.9 Å². The lowest BCUT2D eigenvalue weighted by Crippen LogP contribution is -2.30. The van der Waals surface area contributed by atoms with Crippen molar-refractivity contribution in [2.75, 3.05) is 21.3 Å². The lowest BCUT2D eigenvalue weighted by Gasteiger charge is -2.10. The Morgan fingerprint density at radius 2 is 1.86 bits per heavy atom. The van der Waals surface area contributed by atoms with Crippen LogP contribution in [0.15, 0.2) is 38.9 Å². The molecule has 0 saturated carbocycles. The summed E-state index contributed by atoms with van der Waals surface area (Å²) in [6, 6.07) is 5.68. The van der Waals surface area contributed by atoms with E-state index in [9.17, 15) is 14.4 Å². The molecule has 1 saturated heterocycles. The number of ether oxygens (including phenoxy) is 3. The van der Waals surface area contributed by atoms with Gasteiger partial charge in [-0.05, 0) is 35.9 Å². The molecule has 0 radical (unpaired) electrons. The number of nitrogens with zero attached hydrogens (tertiary/aromatic N) is 1. The summed E-state index contributed by atoms with van der Waals surface area (Å²) in [6.07, 6.45) is 1.52. The van der Waals surface area contributed by atoms with Gasteiger partial charge in [0.1, 0.15) is 11.5 Å². The van der Waals surface area contributed by atoms with Crippen LogP contribution < -0.4 is 14.8 Å². The number of imide groups is 1. The Bertz CT molecular complexity index is 1010. The molecular weight excluding hydrogens is 448 g/mol. The number of rotatable bonds is 6. The van der Waals surface area contributed by atoms with Crippen molar-refractivity contribution in [2.45, 2.75) is 6.54 Å². The van der Waals surface area contributed by atoms with E-state index in [1.165, 1.54) is 39.5 Å². The van der Waals surface area contributed by atoms with Gasteiger partial charge in [-0.15, -0.1) is 0 Å². The van der Waals surface area contributed by atoms with Gasteiger partial charge in [-0.2, -0.15) is 0 Å². The number of esters is 1. The van der Waals surface area contributed by atoms with Crippen molar-refractivity contribution in [3.63, 3.8) is 0 Å². The van der Waals surface area contributed by atoms with Gasteiger partial charge in [-0.1, -0.05) is 15.9 Å². The van der Waals surface area contributed by atoms with Gasteiger partial charge in [0.25, 0.3) is 5.91 Å². The van der Waals surface area contributed by atoms with Gasteiger partial charge >= 0.3 is 12.0 Å². The Kier molecular flexibility index (Phi) is 5.92. The molecule has 1 aromatic heterocycles. The zero-order valence-corrected chi connectivity index (χ0v) is 17.4. The maximum atomic E-state index is 12.7. The molecule has 29 heavy (non-hydrogen) atoms. The van der Waals surface area contributed by atoms with Gasteiger partial charge in [0.05, 0.1) is 27.9 Å². The van der Waals surface area contributed by atoms with Gasteiger partial charge in [-0.25, -0.2) is 9.59 Å². The number of furan rings is 1. The van der Waals surface area contributed by atoms with Crippen molar-refractivity contribution in [1.82, 2.24) is 10.2 Å². The van der Waals surface area contributed by atoms with Crippen molar-refractivity contribution in [2.24, 2.45) is 0 Å². The molecule has 1 aromatic carbocycles. The SMILES string of the molecule is COC(=O)c1ccc(CN2C(=O)N/C(=C\c3cc(OC)c(OC)cc3Br)C2=O)o1. The normalized spacial score (nSPS) is 14.9. The smallest absolute Gasteiger partial charge is 0.373 e. The minimum absolute atomic E-state index is 0.0143. The molecule has 9 nitrogen and oxygen atoms in total. The van der Waals surface area contributed by atoms with E-state index in [1.54, 1.807) is 12.1 Å². The molecule has 0 bridgehead atoms. The molecule has 0 unspecified atom stereocenters. The number of methoxy groups -OCH3 is 3. The maximum Gasteiger partial charge on any atom is 0.373 e. The quantitative estimate of drug-likeness (QED) is 0.397. The van der Waals surface area contributed by atoms with Crippen molar-refractivity contribution in [1.29, 1.82) is 0 Å². The standard InChI is InChI=1S/C19H17BrN2O7/c1-26-15-7-10(12(20)8-16(15)27-2)6-13-17(23)22(19(25)21-13)9-11-4-5-14(29-11)18(24)28-3/h4-8H,9H2,1-3H3,(H,21,25)/b13-6-. The fourth-order valence-electron chi connectivity index (χ4n) is 2.68. The van der Waals surface area contributed by atoms with Gasteiger partial charge < -0.3 is 23.9 Å². The van der Waals surface area contributed by atoms with Crippen LogP contribution in [0.1, 0.15) is 21.9 Å². The minimum atomic E-state index is -0.646. The lowest BCUT2D eigenvalue weighted by molar-refractivity contribution is -0.123. The van der Waals surface area contributed by atoms with Crippen LogP contribution in [-0.4, -0.2) is 44.1 Å². The number of carbonyl (C=O) groups is 3. The van der Waals surface area contributed by atoms with E-state index in [2.05, 4.69) is 26.0 Å². The Labute approximate surface area is 174 Å². The molecule has 10 heteroatoms. The number of benzene rings is 1. The monoisotopic (exact) mass is 464 g/mol. The third-order valence-corrected chi connectivity index (χ3v) is 4.81. The van der Waals surface area contributed by atoms with E-state index in [0.29, 0.717) is 21.5 Å². The van der Waals surface area contributed by atoms with E-state index in [0.717, 1.165) is 4.90 Å². The number of hydrogen-bond acceptors (Lipinski definition) is 7. The Morgan fingerprint density at radius 3 is 2.52 bits per heavy atom. The fourth-order valence-corrected chi connectivity index (χ4v) is 3.12. The molecule has 3 amide bonds. The van der Waals surface area contributed by atoms with Crippen LogP contribution in [0.5, 0.6) is 11.5 Å². The predicted molar refractivity (Wildman–Crippen MR) is 104 cm³/mol. The average molecular weight is 465 g/mol. The van der Waals surface area contributed by atoms with E-state index in [4.69, 9.17) is 13.9 Å². The Hall–Kier alpha value is -3.27. The van der Waals surface area contributed by atoms with Crippen molar-refractivity contribution >= 4 is 39.9 Å². The maximum absolute atomic E-state index is 12.7. The van der Waals surface area contributed by atoms with Crippen LogP contribution in [0.3, 0.4) is 0 Å². The van der Waals surface area contributed by atoms with Crippen LogP contribution in [-0.2, 0) is 16.1 Å². The summed E-state index contributed by atoms with van der Waals surface area (Å²) in [5.41, 5.74) is 0.696. The first kappa shape index (κ1) is 20.5. The Morgan fingerprint density at radius 1 is 1.17 bits per heavy atom. The van der Waals surface area contributed by atoms with E-state index in [-0.39, 0.29) is 23.8 Å². The first-order chi connectivity index (χ1) is 13.9. The van der Waals surface area contributed by atoms with Gasteiger partial charge in [0.15, 0.2) is 11.5 Å². The Balaban J connectivity index is 1.83. The first-order valence-electron chi connectivity index (χ1n) is 8.31. The predicted octanol–water partition coefficient (Wildman–Crippen LogP) is 2.94. The molecule has 2 aromatic rings. The number of nitrogens with one attached hydrogen (secondary N) is 1. The molecule has 1 fully saturated rings. The zero-order chi connectivity index (χ0) is 21.1. The van der Waals surface area contributed by atoms with Crippen LogP contribution in [0.4, 0.5) is 4.79 Å². The van der Waals surface area contributed by atoms with Crippen LogP contribution in [0.2, 0.25) is 0 Å². The summed E-state index contributed by atoms with van der Waals surface area (Å²) >= 11 is 3.41. The van der Waals surface area contributed by atoms with Gasteiger partial charge in [0.2, 0.25) is 5.76 Å². The summed E-state index contributed by atoms with van der Waals surface area (Å²) in [4.78, 5) is 37.4. The number of hydrogen-bond donors (Lipinski definition) is 1. The highest BCUT2D eigenvalue weighted by atomic mass is 79.9. The summed E-state index contributed by atoms with van der Waals surface area (Å²) < 4.78 is 21.0. The summed E-state index contributed by atoms with van der Waals surface area (Å²) in [6.45, 7) is -0.133. The van der Waals surface area contributed by atoms with E-state index >= 15 is 0 Å². The number of urea groups is 1. The van der Waals surface area contributed by atoms with Crippen molar-refractivity contribution in [3.8, 4) is 11.5 Å². The molecule has 0 atom stereocenters. The van der Waals surface area contributed by atoms with Gasteiger partial charge in [-0.3, -0.25) is 9.69 Å². The topological polar surface area (TPSA) is 107 Å². The molecule has 1 N–H and O–H groups in total. The highest BCUT2D eigenvalue weighted by Crippen LogP contribution is 2.34. The van der Waals surface area contributed by atoms with E-state index in [1.807, 2.05) is 0 Å². The number of halogens is 1. The molecular formula is C19H17BrN2O7. The molecule has 152 valence electrons. The first-order valence-corrected chi connectivity index (χ1v) is 9.10. The molecule has 1 aliphatic rings. The second-order valence-corrected chi connectivity index (χ2v) is 6.72. The average Bonchev–Trinajstić information content (AvgIpc) is 3.29. The number of carbonyl (C=O) groups excluding carboxylic acids is 3. The zero-order valence-electron chi connectivity index (χ0n) is 15.8. The molecule has 2 heterocycles. The largest absolute Gasteiger partial charge is 0.493 e. The minimum Gasteiger partial charge on any atom is -0.493 e. The van der Waals surface area contributed by atoms with Gasteiger partial charge in [0, 0.05) is 4.47 Å². The summed E-state index contributed by atoms with van der Waals surface area (Å²) in [7, 11) is 4.24. The molecule has 0 aliphatic carbocycles. The third-order valence-electron chi connectivity index (χ3n) is 4.13. The van der Waals surface area contributed by atoms with Crippen molar-refractivity contribution in [3.05, 3.63) is 51.5 Å². The number of amides is 3. The fraction of sp³-hybridized carbons (Fsp3) is 0.211. The second kappa shape index (κ2) is 8.39. The highest BCUT2D eigenvalue weighted by Gasteiger charge is 2.34. The molecule has 0 spiro atoms. The third kappa shape index (κ3) is 4.11. The van der Waals surface area contributed by atoms with Crippen LogP contribution >= 0.6 is 15.9 Å². The molecule has 3 rings (SSSR count). The lowest BCUT2D eigenvalue weighted by atomic mass is 10.1. The summed E-state index contributed by atoms with van der Waals surface area (Å²) in [5, 5.41) is 2.53. The van der Waals surface area contributed by atoms with Crippen LogP contribution in [0, 0.1) is 0 Å².